The summed E-state index contributed by atoms with van der Waals surface area (Å²) in [6.45, 7) is 5.86. The van der Waals surface area contributed by atoms with Crippen LogP contribution in [-0.4, -0.2) is 55.6 Å². The van der Waals surface area contributed by atoms with Gasteiger partial charge in [-0.15, -0.1) is 12.4 Å². The van der Waals surface area contributed by atoms with Crippen molar-refractivity contribution in [3.05, 3.63) is 28.8 Å². The molecule has 0 radical (unpaired) electrons. The number of nitrogens with zero attached hydrogens (tertiary/aromatic N) is 2. The summed E-state index contributed by atoms with van der Waals surface area (Å²) in [6.07, 6.45) is 2.87. The van der Waals surface area contributed by atoms with E-state index in [2.05, 4.69) is 17.6 Å². The Kier molecular flexibility index (Phi) is 7.55. The van der Waals surface area contributed by atoms with E-state index in [0.717, 1.165) is 38.9 Å². The van der Waals surface area contributed by atoms with E-state index < -0.39 is 0 Å². The van der Waals surface area contributed by atoms with Crippen LogP contribution in [0.5, 0.6) is 0 Å². The lowest BCUT2D eigenvalue weighted by Gasteiger charge is -2.35. The van der Waals surface area contributed by atoms with Gasteiger partial charge in [0.1, 0.15) is 0 Å². The molecule has 3 rings (SSSR count). The second-order valence-electron chi connectivity index (χ2n) is 6.53. The molecule has 2 saturated heterocycles. The van der Waals surface area contributed by atoms with Crippen molar-refractivity contribution < 1.29 is 9.59 Å². The van der Waals surface area contributed by atoms with Crippen LogP contribution in [0.3, 0.4) is 0 Å². The number of carbonyl (C=O) groups is 2. The lowest BCUT2D eigenvalue weighted by molar-refractivity contribution is 0.0642. The van der Waals surface area contributed by atoms with Gasteiger partial charge in [0.15, 0.2) is 0 Å². The number of halogens is 2. The first-order valence-electron chi connectivity index (χ1n) is 8.98. The van der Waals surface area contributed by atoms with Crippen LogP contribution in [0.2, 0.25) is 5.02 Å². The van der Waals surface area contributed by atoms with Gasteiger partial charge in [-0.2, -0.15) is 0 Å². The molecule has 144 valence electrons. The minimum Gasteiger partial charge on any atom is -0.336 e. The van der Waals surface area contributed by atoms with E-state index in [1.54, 1.807) is 23.1 Å². The van der Waals surface area contributed by atoms with Gasteiger partial charge in [0.25, 0.3) is 5.91 Å². The van der Waals surface area contributed by atoms with Crippen LogP contribution in [0.1, 0.15) is 36.5 Å². The maximum atomic E-state index is 13.1. The van der Waals surface area contributed by atoms with Crippen LogP contribution >= 0.6 is 24.0 Å². The lowest BCUT2D eigenvalue weighted by Crippen LogP contribution is -2.46. The van der Waals surface area contributed by atoms with Crippen molar-refractivity contribution in [1.82, 2.24) is 15.5 Å². The van der Waals surface area contributed by atoms with E-state index in [4.69, 9.17) is 11.6 Å². The predicted molar refractivity (Wildman–Crippen MR) is 107 cm³/mol. The van der Waals surface area contributed by atoms with Gasteiger partial charge in [0.2, 0.25) is 0 Å². The van der Waals surface area contributed by atoms with Gasteiger partial charge in [-0.05, 0) is 50.6 Å². The third kappa shape index (κ3) is 4.42. The van der Waals surface area contributed by atoms with Crippen molar-refractivity contribution in [1.29, 1.82) is 0 Å². The summed E-state index contributed by atoms with van der Waals surface area (Å²) < 4.78 is 0. The average molecular weight is 401 g/mol. The molecular weight excluding hydrogens is 375 g/mol. The number of hydrogen-bond donors (Lipinski definition) is 2. The molecule has 2 fully saturated rings. The summed E-state index contributed by atoms with van der Waals surface area (Å²) in [5.41, 5.74) is 1.19. The SMILES string of the molecule is CCCN(C(=O)c1ccc(Cl)c(N2CCNC2=O)c1)C1CCNCC1.Cl. The van der Waals surface area contributed by atoms with E-state index in [0.29, 0.717) is 29.4 Å². The zero-order valence-electron chi connectivity index (χ0n) is 15.0. The van der Waals surface area contributed by atoms with Gasteiger partial charge in [-0.1, -0.05) is 18.5 Å². The molecule has 2 aliphatic rings. The number of benzene rings is 1. The molecule has 0 unspecified atom stereocenters. The van der Waals surface area contributed by atoms with Crippen LogP contribution in [0.15, 0.2) is 18.2 Å². The van der Waals surface area contributed by atoms with Crippen molar-refractivity contribution in [2.45, 2.75) is 32.2 Å². The zero-order chi connectivity index (χ0) is 17.8. The smallest absolute Gasteiger partial charge is 0.322 e. The first kappa shape index (κ1) is 20.8. The van der Waals surface area contributed by atoms with Crippen LogP contribution in [0.25, 0.3) is 0 Å². The van der Waals surface area contributed by atoms with Crippen LogP contribution in [0, 0.1) is 0 Å². The van der Waals surface area contributed by atoms with E-state index in [1.165, 1.54) is 0 Å². The minimum absolute atomic E-state index is 0. The predicted octanol–water partition coefficient (Wildman–Crippen LogP) is 2.90. The number of carbonyl (C=O) groups excluding carboxylic acids is 2. The minimum atomic E-state index is -0.171. The molecule has 0 aliphatic carbocycles. The van der Waals surface area contributed by atoms with Crippen molar-refractivity contribution in [3.63, 3.8) is 0 Å². The topological polar surface area (TPSA) is 64.7 Å². The number of amides is 3. The Morgan fingerprint density at radius 1 is 1.31 bits per heavy atom. The number of urea groups is 1. The fraction of sp³-hybridized carbons (Fsp3) is 0.556. The molecule has 26 heavy (non-hydrogen) atoms. The van der Waals surface area contributed by atoms with Gasteiger partial charge in [0.05, 0.1) is 10.7 Å². The summed E-state index contributed by atoms with van der Waals surface area (Å²) in [5.74, 6) is 0.0197. The highest BCUT2D eigenvalue weighted by Gasteiger charge is 2.28. The first-order chi connectivity index (χ1) is 12.1. The summed E-state index contributed by atoms with van der Waals surface area (Å²) >= 11 is 6.28. The van der Waals surface area contributed by atoms with Crippen LogP contribution < -0.4 is 15.5 Å². The molecule has 8 heteroatoms. The van der Waals surface area contributed by atoms with Gasteiger partial charge < -0.3 is 15.5 Å². The largest absolute Gasteiger partial charge is 0.336 e. The Labute approximate surface area is 165 Å². The second-order valence-corrected chi connectivity index (χ2v) is 6.94. The molecular formula is C18H26Cl2N4O2. The first-order valence-corrected chi connectivity index (χ1v) is 9.36. The van der Waals surface area contributed by atoms with Gasteiger partial charge in [-0.25, -0.2) is 4.79 Å². The molecule has 0 saturated carbocycles. The third-order valence-electron chi connectivity index (χ3n) is 4.82. The molecule has 0 bridgehead atoms. The molecule has 0 aromatic heterocycles. The Morgan fingerprint density at radius 3 is 2.65 bits per heavy atom. The zero-order valence-corrected chi connectivity index (χ0v) is 16.5. The van der Waals surface area contributed by atoms with Crippen molar-refractivity contribution in [2.75, 3.05) is 37.6 Å². The normalized spacial score (nSPS) is 17.6. The molecule has 0 atom stereocenters. The molecule has 6 nitrogen and oxygen atoms in total. The fourth-order valence-electron chi connectivity index (χ4n) is 3.53. The Bertz CT molecular complexity index is 650. The summed E-state index contributed by atoms with van der Waals surface area (Å²) in [7, 11) is 0. The van der Waals surface area contributed by atoms with E-state index in [9.17, 15) is 9.59 Å². The fourth-order valence-corrected chi connectivity index (χ4v) is 3.75. The van der Waals surface area contributed by atoms with Gasteiger partial charge >= 0.3 is 6.03 Å². The van der Waals surface area contributed by atoms with E-state index in [1.807, 2.05) is 4.90 Å². The standard InChI is InChI=1S/C18H25ClN4O2.ClH/c1-2-10-22(14-5-7-20-8-6-14)17(24)13-3-4-15(19)16(12-13)23-11-9-21-18(23)25;/h3-4,12,14,20H,2,5-11H2,1H3,(H,21,25);1H. The number of piperidine rings is 1. The maximum Gasteiger partial charge on any atom is 0.322 e. The Morgan fingerprint density at radius 2 is 2.04 bits per heavy atom. The molecule has 1 aromatic carbocycles. The van der Waals surface area contributed by atoms with Crippen molar-refractivity contribution in [3.8, 4) is 0 Å². The highest BCUT2D eigenvalue weighted by Crippen LogP contribution is 2.29. The van der Waals surface area contributed by atoms with Gasteiger partial charge in [-0.3, -0.25) is 9.69 Å². The molecule has 2 aliphatic heterocycles. The molecule has 0 spiro atoms. The van der Waals surface area contributed by atoms with E-state index >= 15 is 0 Å². The second kappa shape index (κ2) is 9.44. The number of hydrogen-bond acceptors (Lipinski definition) is 3. The van der Waals surface area contributed by atoms with E-state index in [-0.39, 0.29) is 30.4 Å². The summed E-state index contributed by atoms with van der Waals surface area (Å²) in [6, 6.07) is 5.31. The monoisotopic (exact) mass is 400 g/mol. The van der Waals surface area contributed by atoms with Crippen molar-refractivity contribution >= 4 is 41.6 Å². The highest BCUT2D eigenvalue weighted by atomic mass is 35.5. The van der Waals surface area contributed by atoms with Crippen LogP contribution in [0.4, 0.5) is 10.5 Å². The summed E-state index contributed by atoms with van der Waals surface area (Å²) in [5, 5.41) is 6.59. The molecule has 2 heterocycles. The highest BCUT2D eigenvalue weighted by molar-refractivity contribution is 6.34. The Balaban J connectivity index is 0.00000243. The van der Waals surface area contributed by atoms with Crippen LogP contribution in [-0.2, 0) is 0 Å². The molecule has 3 amide bonds. The number of anilines is 1. The Hall–Kier alpha value is -1.50. The maximum absolute atomic E-state index is 13.1. The summed E-state index contributed by atoms with van der Waals surface area (Å²) in [4.78, 5) is 28.7. The molecule has 1 aromatic rings. The molecule has 2 N–H and O–H groups in total. The lowest BCUT2D eigenvalue weighted by atomic mass is 10.0. The quantitative estimate of drug-likeness (QED) is 0.798. The van der Waals surface area contributed by atoms with Crippen molar-refractivity contribution in [2.24, 2.45) is 0 Å². The number of nitrogens with one attached hydrogen (secondary N) is 2. The number of rotatable bonds is 5. The van der Waals surface area contributed by atoms with Gasteiger partial charge in [0, 0.05) is 31.2 Å². The average Bonchev–Trinajstić information content (AvgIpc) is 3.06. The third-order valence-corrected chi connectivity index (χ3v) is 5.14.